The molecule has 0 spiro atoms. The molecule has 1 saturated heterocycles. The Labute approximate surface area is 139 Å². The van der Waals surface area contributed by atoms with Gasteiger partial charge in [-0.15, -0.1) is 0 Å². The van der Waals surface area contributed by atoms with Gasteiger partial charge < -0.3 is 19.3 Å². The van der Waals surface area contributed by atoms with Gasteiger partial charge in [0.2, 0.25) is 0 Å². The number of carbonyl (C=O) groups is 1. The number of ether oxygens (including phenoxy) is 1. The van der Waals surface area contributed by atoms with Crippen molar-refractivity contribution in [2.45, 2.75) is 38.8 Å². The van der Waals surface area contributed by atoms with Crippen molar-refractivity contribution in [3.63, 3.8) is 0 Å². The zero-order valence-corrected chi connectivity index (χ0v) is 13.9. The number of hydrogen-bond acceptors (Lipinski definition) is 6. The molecule has 24 heavy (non-hydrogen) atoms. The Bertz CT molecular complexity index is 787. The predicted octanol–water partition coefficient (Wildman–Crippen LogP) is 1.45. The summed E-state index contributed by atoms with van der Waals surface area (Å²) in [5.41, 5.74) is 2.39. The lowest BCUT2D eigenvalue weighted by atomic mass is 10.0. The molecule has 128 valence electrons. The first kappa shape index (κ1) is 15.5. The first-order valence-corrected chi connectivity index (χ1v) is 8.35. The van der Waals surface area contributed by atoms with Crippen LogP contribution in [0.15, 0.2) is 10.6 Å². The Balaban J connectivity index is 1.72. The molecule has 1 N–H and O–H groups in total. The molecule has 2 aromatic rings. The maximum atomic E-state index is 13.3. The standard InChI is InChI=1S/C17H21N3O4/c1-9-5-12(15-10(2)19-24-16(15)18-9)17(22)20-3-4-23-14-7-11(8-21)6-13(14)20/h5,11,13-14,21H,3-4,6-8H2,1-2H3/t11-,13+,14?/m1/s1. The second-order valence-corrected chi connectivity index (χ2v) is 6.75. The zero-order valence-electron chi connectivity index (χ0n) is 13.9. The van der Waals surface area contributed by atoms with E-state index in [0.29, 0.717) is 35.5 Å². The number of morpholine rings is 1. The van der Waals surface area contributed by atoms with Gasteiger partial charge in [0.05, 0.1) is 35.4 Å². The topological polar surface area (TPSA) is 88.7 Å². The van der Waals surface area contributed by atoms with Crippen LogP contribution < -0.4 is 0 Å². The molecule has 4 rings (SSSR count). The van der Waals surface area contributed by atoms with Crippen molar-refractivity contribution < 1.29 is 19.2 Å². The number of aliphatic hydroxyl groups is 1. The highest BCUT2D eigenvalue weighted by atomic mass is 16.5. The Kier molecular flexibility index (Phi) is 3.77. The molecule has 2 aromatic heterocycles. The smallest absolute Gasteiger partial charge is 0.258 e. The average molecular weight is 331 g/mol. The fourth-order valence-electron chi connectivity index (χ4n) is 3.99. The molecule has 3 heterocycles. The fraction of sp³-hybridized carbons (Fsp3) is 0.588. The molecular weight excluding hydrogens is 310 g/mol. The number of aliphatic hydroxyl groups excluding tert-OH is 1. The first-order valence-electron chi connectivity index (χ1n) is 8.35. The molecule has 1 saturated carbocycles. The number of carbonyl (C=O) groups excluding carboxylic acids is 1. The summed E-state index contributed by atoms with van der Waals surface area (Å²) in [4.78, 5) is 19.5. The number of aryl methyl sites for hydroxylation is 2. The Morgan fingerprint density at radius 2 is 2.25 bits per heavy atom. The molecule has 1 aliphatic carbocycles. The van der Waals surface area contributed by atoms with Gasteiger partial charge >= 0.3 is 0 Å². The van der Waals surface area contributed by atoms with E-state index >= 15 is 0 Å². The van der Waals surface area contributed by atoms with Crippen molar-refractivity contribution >= 4 is 17.0 Å². The number of rotatable bonds is 2. The van der Waals surface area contributed by atoms with Crippen LogP contribution in [0.5, 0.6) is 0 Å². The highest BCUT2D eigenvalue weighted by Crippen LogP contribution is 2.35. The summed E-state index contributed by atoms with van der Waals surface area (Å²) in [7, 11) is 0. The second kappa shape index (κ2) is 5.82. The predicted molar refractivity (Wildman–Crippen MR) is 85.7 cm³/mol. The van der Waals surface area contributed by atoms with Crippen LogP contribution in [0.25, 0.3) is 11.1 Å². The quantitative estimate of drug-likeness (QED) is 0.896. The van der Waals surface area contributed by atoms with Crippen molar-refractivity contribution in [1.82, 2.24) is 15.0 Å². The monoisotopic (exact) mass is 331 g/mol. The molecule has 2 fully saturated rings. The van der Waals surface area contributed by atoms with Gasteiger partial charge in [-0.3, -0.25) is 4.79 Å². The first-order chi connectivity index (χ1) is 11.6. The zero-order chi connectivity index (χ0) is 16.8. The van der Waals surface area contributed by atoms with E-state index in [-0.39, 0.29) is 30.6 Å². The van der Waals surface area contributed by atoms with Gasteiger partial charge in [0.1, 0.15) is 0 Å². The lowest BCUT2D eigenvalue weighted by molar-refractivity contribution is -0.0448. The van der Waals surface area contributed by atoms with E-state index < -0.39 is 0 Å². The van der Waals surface area contributed by atoms with Crippen molar-refractivity contribution in [3.8, 4) is 0 Å². The Morgan fingerprint density at radius 1 is 1.42 bits per heavy atom. The summed E-state index contributed by atoms with van der Waals surface area (Å²) in [5, 5.41) is 14.1. The van der Waals surface area contributed by atoms with E-state index in [9.17, 15) is 9.90 Å². The van der Waals surface area contributed by atoms with Gasteiger partial charge in [-0.05, 0) is 38.7 Å². The number of nitrogens with zero attached hydrogens (tertiary/aromatic N) is 3. The summed E-state index contributed by atoms with van der Waals surface area (Å²) in [6, 6.07) is 1.82. The Morgan fingerprint density at radius 3 is 3.04 bits per heavy atom. The molecular formula is C17H21N3O4. The van der Waals surface area contributed by atoms with E-state index in [1.165, 1.54) is 0 Å². The molecule has 1 amide bonds. The number of hydrogen-bond donors (Lipinski definition) is 1. The largest absolute Gasteiger partial charge is 0.396 e. The van der Waals surface area contributed by atoms with Gasteiger partial charge in [-0.2, -0.15) is 0 Å². The van der Waals surface area contributed by atoms with E-state index in [4.69, 9.17) is 9.26 Å². The van der Waals surface area contributed by atoms with Crippen LogP contribution in [-0.2, 0) is 4.74 Å². The van der Waals surface area contributed by atoms with Crippen LogP contribution in [0.4, 0.5) is 0 Å². The number of fused-ring (bicyclic) bond motifs is 2. The molecule has 1 aliphatic heterocycles. The number of aromatic nitrogens is 2. The van der Waals surface area contributed by atoms with E-state index in [1.807, 2.05) is 18.7 Å². The van der Waals surface area contributed by atoms with Gasteiger partial charge in [0, 0.05) is 18.8 Å². The molecule has 0 aromatic carbocycles. The fourth-order valence-corrected chi connectivity index (χ4v) is 3.99. The normalized spacial score (nSPS) is 26.8. The Hall–Kier alpha value is -1.99. The minimum atomic E-state index is -0.0336. The van der Waals surface area contributed by atoms with Crippen molar-refractivity contribution in [2.24, 2.45) is 5.92 Å². The summed E-state index contributed by atoms with van der Waals surface area (Å²) < 4.78 is 11.1. The minimum absolute atomic E-state index is 0.0156. The van der Waals surface area contributed by atoms with Crippen molar-refractivity contribution in [1.29, 1.82) is 0 Å². The van der Waals surface area contributed by atoms with Crippen LogP contribution in [-0.4, -0.2) is 58.0 Å². The van der Waals surface area contributed by atoms with Crippen LogP contribution in [0.2, 0.25) is 0 Å². The summed E-state index contributed by atoms with van der Waals surface area (Å²) in [6.45, 7) is 4.89. The SMILES string of the molecule is Cc1cc(C(=O)N2CCOC3C[C@H](CO)C[C@@H]32)c2c(C)noc2n1. The number of amides is 1. The molecule has 2 aliphatic rings. The van der Waals surface area contributed by atoms with Gasteiger partial charge in [0.25, 0.3) is 11.6 Å². The van der Waals surface area contributed by atoms with Gasteiger partial charge in [0.15, 0.2) is 0 Å². The lowest BCUT2D eigenvalue weighted by Gasteiger charge is -2.37. The second-order valence-electron chi connectivity index (χ2n) is 6.75. The molecule has 7 heteroatoms. The molecule has 0 radical (unpaired) electrons. The minimum Gasteiger partial charge on any atom is -0.396 e. The summed E-state index contributed by atoms with van der Waals surface area (Å²) in [5.74, 6) is 0.165. The third-order valence-corrected chi connectivity index (χ3v) is 5.13. The van der Waals surface area contributed by atoms with Crippen LogP contribution in [0, 0.1) is 19.8 Å². The summed E-state index contributed by atoms with van der Waals surface area (Å²) >= 11 is 0. The van der Waals surface area contributed by atoms with Crippen LogP contribution in [0.1, 0.15) is 34.6 Å². The van der Waals surface area contributed by atoms with Crippen molar-refractivity contribution in [2.75, 3.05) is 19.8 Å². The van der Waals surface area contributed by atoms with Crippen LogP contribution >= 0.6 is 0 Å². The molecule has 7 nitrogen and oxygen atoms in total. The van der Waals surface area contributed by atoms with Gasteiger partial charge in [-0.1, -0.05) is 5.16 Å². The maximum absolute atomic E-state index is 13.3. The average Bonchev–Trinajstić information content (AvgIpc) is 3.16. The number of pyridine rings is 1. The van der Waals surface area contributed by atoms with Crippen molar-refractivity contribution in [3.05, 3.63) is 23.0 Å². The highest BCUT2D eigenvalue weighted by Gasteiger charge is 2.43. The van der Waals surface area contributed by atoms with Crippen LogP contribution in [0.3, 0.4) is 0 Å². The lowest BCUT2D eigenvalue weighted by Crippen LogP contribution is -2.51. The van der Waals surface area contributed by atoms with E-state index in [0.717, 1.165) is 18.5 Å². The van der Waals surface area contributed by atoms with E-state index in [2.05, 4.69) is 10.1 Å². The maximum Gasteiger partial charge on any atom is 0.258 e. The molecule has 3 atom stereocenters. The van der Waals surface area contributed by atoms with E-state index in [1.54, 1.807) is 6.07 Å². The summed E-state index contributed by atoms with van der Waals surface area (Å²) in [6.07, 6.45) is 1.60. The third-order valence-electron chi connectivity index (χ3n) is 5.13. The third kappa shape index (κ3) is 2.39. The highest BCUT2D eigenvalue weighted by molar-refractivity contribution is 6.06. The van der Waals surface area contributed by atoms with Gasteiger partial charge in [-0.25, -0.2) is 4.98 Å². The molecule has 0 bridgehead atoms. The molecule has 1 unspecified atom stereocenters.